The van der Waals surface area contributed by atoms with Gasteiger partial charge in [-0.15, -0.1) is 0 Å². The number of amides is 1. The number of carbonyl (C=O) groups is 1. The molecule has 5 heteroatoms. The molecule has 0 bridgehead atoms. The fraction of sp³-hybridized carbons (Fsp3) is 0.250. The third-order valence-corrected chi connectivity index (χ3v) is 4.17. The van der Waals surface area contributed by atoms with Gasteiger partial charge in [-0.1, -0.05) is 42.0 Å². The van der Waals surface area contributed by atoms with Crippen molar-refractivity contribution in [3.63, 3.8) is 0 Å². The summed E-state index contributed by atoms with van der Waals surface area (Å²) in [4.78, 5) is 12.2. The molecule has 0 aliphatic heterocycles. The molecule has 1 aromatic heterocycles. The van der Waals surface area contributed by atoms with E-state index in [9.17, 15) is 14.3 Å². The minimum atomic E-state index is -0.496. The summed E-state index contributed by atoms with van der Waals surface area (Å²) in [5, 5.41) is 12.8. The molecule has 25 heavy (non-hydrogen) atoms. The van der Waals surface area contributed by atoms with Gasteiger partial charge in [0.2, 0.25) is 0 Å². The fourth-order valence-corrected chi connectivity index (χ4v) is 2.72. The molecule has 1 heterocycles. The predicted molar refractivity (Wildman–Crippen MR) is 94.0 cm³/mol. The first-order valence-corrected chi connectivity index (χ1v) is 8.19. The van der Waals surface area contributed by atoms with Gasteiger partial charge in [0.15, 0.2) is 17.2 Å². The van der Waals surface area contributed by atoms with Crippen LogP contribution in [-0.2, 0) is 6.42 Å². The van der Waals surface area contributed by atoms with Crippen molar-refractivity contribution in [2.24, 2.45) is 5.92 Å². The summed E-state index contributed by atoms with van der Waals surface area (Å²) < 4.78 is 19.0. The number of aliphatic hydroxyl groups excluding tert-OH is 1. The Bertz CT molecular complexity index is 870. The predicted octanol–water partition coefficient (Wildman–Crippen LogP) is 3.46. The van der Waals surface area contributed by atoms with Gasteiger partial charge in [-0.3, -0.25) is 4.79 Å². The summed E-state index contributed by atoms with van der Waals surface area (Å²) >= 11 is 0. The van der Waals surface area contributed by atoms with Crippen LogP contribution in [0.1, 0.15) is 21.7 Å². The summed E-state index contributed by atoms with van der Waals surface area (Å²) in [6.45, 7) is 2.29. The lowest BCUT2D eigenvalue weighted by molar-refractivity contribution is 0.0914. The Kier molecular flexibility index (Phi) is 5.14. The average molecular weight is 341 g/mol. The first kappa shape index (κ1) is 17.2. The lowest BCUT2D eigenvalue weighted by atomic mass is 9.99. The van der Waals surface area contributed by atoms with E-state index in [1.165, 1.54) is 17.7 Å². The van der Waals surface area contributed by atoms with Crippen LogP contribution in [0, 0.1) is 18.7 Å². The number of benzene rings is 2. The van der Waals surface area contributed by atoms with Gasteiger partial charge in [-0.2, -0.15) is 0 Å². The van der Waals surface area contributed by atoms with Crippen molar-refractivity contribution >= 4 is 16.9 Å². The molecule has 130 valence electrons. The number of carbonyl (C=O) groups excluding carboxylic acids is 1. The standard InChI is InChI=1S/C20H20FNO3/c1-13-5-7-14(8-6-13)9-15(12-23)11-22-20(24)18-10-16-3-2-4-17(21)19(16)25-18/h2-8,10,15,23H,9,11-12H2,1H3,(H,22,24). The Hall–Kier alpha value is -2.66. The zero-order valence-electron chi connectivity index (χ0n) is 14.0. The second-order valence-electron chi connectivity index (χ2n) is 6.22. The van der Waals surface area contributed by atoms with E-state index in [1.807, 2.05) is 31.2 Å². The Morgan fingerprint density at radius 2 is 2.00 bits per heavy atom. The maximum atomic E-state index is 13.6. The Balaban J connectivity index is 1.63. The number of nitrogens with one attached hydrogen (secondary N) is 1. The fourth-order valence-electron chi connectivity index (χ4n) is 2.72. The quantitative estimate of drug-likeness (QED) is 0.722. The van der Waals surface area contributed by atoms with Crippen LogP contribution in [0.5, 0.6) is 0 Å². The van der Waals surface area contributed by atoms with Crippen molar-refractivity contribution in [3.05, 3.63) is 71.2 Å². The van der Waals surface area contributed by atoms with Crippen LogP contribution in [0.25, 0.3) is 11.0 Å². The van der Waals surface area contributed by atoms with E-state index < -0.39 is 11.7 Å². The number of fused-ring (bicyclic) bond motifs is 1. The zero-order valence-corrected chi connectivity index (χ0v) is 14.0. The number of halogens is 1. The van der Waals surface area contributed by atoms with E-state index in [0.29, 0.717) is 18.4 Å². The van der Waals surface area contributed by atoms with Crippen molar-refractivity contribution in [1.29, 1.82) is 0 Å². The number of aliphatic hydroxyl groups is 1. The summed E-state index contributed by atoms with van der Waals surface area (Å²) in [5.74, 6) is -0.956. The highest BCUT2D eigenvalue weighted by Crippen LogP contribution is 2.22. The summed E-state index contributed by atoms with van der Waals surface area (Å²) in [5.41, 5.74) is 2.35. The monoisotopic (exact) mass is 341 g/mol. The topological polar surface area (TPSA) is 62.5 Å². The number of hydrogen-bond acceptors (Lipinski definition) is 3. The molecule has 1 unspecified atom stereocenters. The number of hydrogen-bond donors (Lipinski definition) is 2. The average Bonchev–Trinajstić information content (AvgIpc) is 3.06. The van der Waals surface area contributed by atoms with Crippen LogP contribution in [-0.4, -0.2) is 24.2 Å². The lowest BCUT2D eigenvalue weighted by Gasteiger charge is -2.14. The molecule has 2 aromatic carbocycles. The van der Waals surface area contributed by atoms with Crippen molar-refractivity contribution in [1.82, 2.24) is 5.32 Å². The van der Waals surface area contributed by atoms with Crippen LogP contribution >= 0.6 is 0 Å². The van der Waals surface area contributed by atoms with E-state index in [0.717, 1.165) is 5.56 Å². The van der Waals surface area contributed by atoms with Crippen LogP contribution in [0.4, 0.5) is 4.39 Å². The van der Waals surface area contributed by atoms with E-state index >= 15 is 0 Å². The third kappa shape index (κ3) is 4.06. The van der Waals surface area contributed by atoms with Gasteiger partial charge < -0.3 is 14.8 Å². The highest BCUT2D eigenvalue weighted by atomic mass is 19.1. The Morgan fingerprint density at radius 1 is 1.24 bits per heavy atom. The van der Waals surface area contributed by atoms with E-state index in [2.05, 4.69) is 5.32 Å². The van der Waals surface area contributed by atoms with Crippen molar-refractivity contribution in [2.45, 2.75) is 13.3 Å². The molecular weight excluding hydrogens is 321 g/mol. The smallest absolute Gasteiger partial charge is 0.287 e. The molecule has 1 atom stereocenters. The largest absolute Gasteiger partial charge is 0.448 e. The second-order valence-corrected chi connectivity index (χ2v) is 6.22. The Morgan fingerprint density at radius 3 is 2.68 bits per heavy atom. The highest BCUT2D eigenvalue weighted by molar-refractivity contribution is 5.96. The maximum absolute atomic E-state index is 13.6. The first-order valence-electron chi connectivity index (χ1n) is 8.19. The molecule has 0 spiro atoms. The summed E-state index contributed by atoms with van der Waals surface area (Å²) in [6, 6.07) is 14.1. The third-order valence-electron chi connectivity index (χ3n) is 4.17. The summed E-state index contributed by atoms with van der Waals surface area (Å²) in [7, 11) is 0. The number of furan rings is 1. The van der Waals surface area contributed by atoms with Crippen molar-refractivity contribution < 1.29 is 18.7 Å². The van der Waals surface area contributed by atoms with Crippen LogP contribution in [0.3, 0.4) is 0 Å². The number of aryl methyl sites for hydroxylation is 1. The highest BCUT2D eigenvalue weighted by Gasteiger charge is 2.16. The molecule has 1 amide bonds. The van der Waals surface area contributed by atoms with Crippen molar-refractivity contribution in [3.8, 4) is 0 Å². The Labute approximate surface area is 145 Å². The zero-order chi connectivity index (χ0) is 17.8. The molecular formula is C20H20FNO3. The van der Waals surface area contributed by atoms with Gasteiger partial charge in [0.05, 0.1) is 0 Å². The molecule has 2 N–H and O–H groups in total. The number of para-hydroxylation sites is 1. The SMILES string of the molecule is Cc1ccc(CC(CO)CNC(=O)c2cc3cccc(F)c3o2)cc1. The van der Waals surface area contributed by atoms with Gasteiger partial charge in [0.25, 0.3) is 5.91 Å². The molecule has 0 fully saturated rings. The van der Waals surface area contributed by atoms with Crippen LogP contribution < -0.4 is 5.32 Å². The van der Waals surface area contributed by atoms with Crippen LogP contribution in [0.15, 0.2) is 52.9 Å². The molecule has 4 nitrogen and oxygen atoms in total. The van der Waals surface area contributed by atoms with E-state index in [4.69, 9.17) is 4.42 Å². The van der Waals surface area contributed by atoms with Gasteiger partial charge in [-0.05, 0) is 31.0 Å². The first-order chi connectivity index (χ1) is 12.1. The normalized spacial score (nSPS) is 12.3. The molecule has 0 aliphatic rings. The molecule has 0 saturated carbocycles. The van der Waals surface area contributed by atoms with E-state index in [-0.39, 0.29) is 23.9 Å². The molecule has 0 radical (unpaired) electrons. The van der Waals surface area contributed by atoms with Gasteiger partial charge in [0.1, 0.15) is 0 Å². The van der Waals surface area contributed by atoms with Crippen LogP contribution in [0.2, 0.25) is 0 Å². The summed E-state index contributed by atoms with van der Waals surface area (Å²) in [6.07, 6.45) is 0.659. The number of rotatable bonds is 6. The van der Waals surface area contributed by atoms with Gasteiger partial charge in [0, 0.05) is 24.5 Å². The molecule has 3 rings (SSSR count). The van der Waals surface area contributed by atoms with E-state index in [1.54, 1.807) is 12.1 Å². The van der Waals surface area contributed by atoms with Gasteiger partial charge in [-0.25, -0.2) is 4.39 Å². The van der Waals surface area contributed by atoms with Gasteiger partial charge >= 0.3 is 0 Å². The second kappa shape index (κ2) is 7.49. The molecule has 0 aliphatic carbocycles. The molecule has 0 saturated heterocycles. The maximum Gasteiger partial charge on any atom is 0.287 e. The lowest BCUT2D eigenvalue weighted by Crippen LogP contribution is -2.31. The van der Waals surface area contributed by atoms with Crippen molar-refractivity contribution in [2.75, 3.05) is 13.2 Å². The molecule has 3 aromatic rings. The minimum absolute atomic E-state index is 0.0388. The minimum Gasteiger partial charge on any atom is -0.448 e.